The highest BCUT2D eigenvalue weighted by atomic mass is 19.1. The van der Waals surface area contributed by atoms with Crippen LogP contribution in [0.1, 0.15) is 35.2 Å². The predicted octanol–water partition coefficient (Wildman–Crippen LogP) is 2.09. The summed E-state index contributed by atoms with van der Waals surface area (Å²) in [5.41, 5.74) is 6.56. The number of rotatable bonds is 5. The topological polar surface area (TPSA) is 46.3 Å². The van der Waals surface area contributed by atoms with Crippen LogP contribution in [-0.4, -0.2) is 29.9 Å². The standard InChI is InChI=1S/C14H19FN2O/c1-10-3-6-13(15)12(9-10)14(18)17(8-2-7-16)11-4-5-11/h3,6,9,11H,2,4-5,7-8,16H2,1H3. The van der Waals surface area contributed by atoms with Gasteiger partial charge in [-0.25, -0.2) is 4.39 Å². The van der Waals surface area contributed by atoms with Crippen LogP contribution in [0, 0.1) is 12.7 Å². The summed E-state index contributed by atoms with van der Waals surface area (Å²) in [4.78, 5) is 14.1. The summed E-state index contributed by atoms with van der Waals surface area (Å²) >= 11 is 0. The fourth-order valence-electron chi connectivity index (χ4n) is 2.06. The Balaban J connectivity index is 2.19. The van der Waals surface area contributed by atoms with Gasteiger partial charge in [-0.15, -0.1) is 0 Å². The van der Waals surface area contributed by atoms with E-state index in [4.69, 9.17) is 5.73 Å². The Labute approximate surface area is 107 Å². The van der Waals surface area contributed by atoms with Crippen LogP contribution in [-0.2, 0) is 0 Å². The van der Waals surface area contributed by atoms with Crippen LogP contribution in [0.4, 0.5) is 4.39 Å². The zero-order valence-corrected chi connectivity index (χ0v) is 10.7. The van der Waals surface area contributed by atoms with E-state index in [1.54, 1.807) is 17.0 Å². The van der Waals surface area contributed by atoms with Crippen molar-refractivity contribution in [2.75, 3.05) is 13.1 Å². The number of carbonyl (C=O) groups excluding carboxylic acids is 1. The lowest BCUT2D eigenvalue weighted by molar-refractivity contribution is 0.0737. The van der Waals surface area contributed by atoms with Gasteiger partial charge in [-0.2, -0.15) is 0 Å². The normalized spacial score (nSPS) is 14.6. The summed E-state index contributed by atoms with van der Waals surface area (Å²) in [5.74, 6) is -0.642. The second kappa shape index (κ2) is 5.48. The molecule has 1 aliphatic carbocycles. The molecule has 0 heterocycles. The zero-order valence-electron chi connectivity index (χ0n) is 10.7. The van der Waals surface area contributed by atoms with Gasteiger partial charge in [0.05, 0.1) is 5.56 Å². The van der Waals surface area contributed by atoms with Crippen molar-refractivity contribution >= 4 is 5.91 Å². The first-order valence-corrected chi connectivity index (χ1v) is 6.40. The van der Waals surface area contributed by atoms with Crippen molar-refractivity contribution in [2.24, 2.45) is 5.73 Å². The second-order valence-corrected chi connectivity index (χ2v) is 4.86. The number of hydrogen-bond donors (Lipinski definition) is 1. The van der Waals surface area contributed by atoms with Gasteiger partial charge in [0.1, 0.15) is 5.82 Å². The monoisotopic (exact) mass is 250 g/mol. The molecule has 2 N–H and O–H groups in total. The third kappa shape index (κ3) is 2.88. The van der Waals surface area contributed by atoms with Crippen molar-refractivity contribution in [1.29, 1.82) is 0 Å². The van der Waals surface area contributed by atoms with Gasteiger partial charge in [0.2, 0.25) is 0 Å². The van der Waals surface area contributed by atoms with Crippen molar-refractivity contribution in [3.05, 3.63) is 35.1 Å². The van der Waals surface area contributed by atoms with Crippen LogP contribution in [0.2, 0.25) is 0 Å². The molecule has 0 aromatic heterocycles. The summed E-state index contributed by atoms with van der Waals surface area (Å²) < 4.78 is 13.7. The van der Waals surface area contributed by atoms with Crippen LogP contribution < -0.4 is 5.73 Å². The van der Waals surface area contributed by atoms with Gasteiger partial charge in [-0.05, 0) is 44.9 Å². The van der Waals surface area contributed by atoms with E-state index in [-0.39, 0.29) is 17.5 Å². The summed E-state index contributed by atoms with van der Waals surface area (Å²) in [5, 5.41) is 0. The lowest BCUT2D eigenvalue weighted by Gasteiger charge is -2.22. The van der Waals surface area contributed by atoms with E-state index in [9.17, 15) is 9.18 Å². The highest BCUT2D eigenvalue weighted by Crippen LogP contribution is 2.29. The Morgan fingerprint density at radius 1 is 1.50 bits per heavy atom. The quantitative estimate of drug-likeness (QED) is 0.869. The van der Waals surface area contributed by atoms with Gasteiger partial charge < -0.3 is 10.6 Å². The van der Waals surface area contributed by atoms with Crippen LogP contribution >= 0.6 is 0 Å². The van der Waals surface area contributed by atoms with E-state index in [0.29, 0.717) is 13.1 Å². The van der Waals surface area contributed by atoms with Crippen molar-refractivity contribution in [2.45, 2.75) is 32.2 Å². The Kier molecular flexibility index (Phi) is 3.97. The third-order valence-corrected chi connectivity index (χ3v) is 3.20. The number of aryl methyl sites for hydroxylation is 1. The highest BCUT2D eigenvalue weighted by Gasteiger charge is 2.33. The minimum Gasteiger partial charge on any atom is -0.336 e. The molecule has 1 fully saturated rings. The number of nitrogens with two attached hydrogens (primary N) is 1. The number of amides is 1. The molecule has 1 aromatic rings. The minimum atomic E-state index is -0.441. The third-order valence-electron chi connectivity index (χ3n) is 3.20. The number of halogens is 1. The molecule has 4 heteroatoms. The zero-order chi connectivity index (χ0) is 13.1. The molecule has 1 aromatic carbocycles. The van der Waals surface area contributed by atoms with E-state index >= 15 is 0 Å². The number of hydrogen-bond acceptors (Lipinski definition) is 2. The van der Waals surface area contributed by atoms with E-state index in [1.807, 2.05) is 6.92 Å². The van der Waals surface area contributed by atoms with Crippen molar-refractivity contribution in [3.8, 4) is 0 Å². The molecule has 0 unspecified atom stereocenters. The van der Waals surface area contributed by atoms with Gasteiger partial charge in [-0.1, -0.05) is 11.6 Å². The molecule has 2 rings (SSSR count). The van der Waals surface area contributed by atoms with E-state index < -0.39 is 5.82 Å². The summed E-state index contributed by atoms with van der Waals surface area (Å²) in [6.07, 6.45) is 2.79. The fourth-order valence-corrected chi connectivity index (χ4v) is 2.06. The lowest BCUT2D eigenvalue weighted by Crippen LogP contribution is -2.35. The molecule has 0 aliphatic heterocycles. The minimum absolute atomic E-state index is 0.180. The number of benzene rings is 1. The van der Waals surface area contributed by atoms with Gasteiger partial charge in [0, 0.05) is 12.6 Å². The van der Waals surface area contributed by atoms with Gasteiger partial charge in [0.15, 0.2) is 0 Å². The Hall–Kier alpha value is -1.42. The van der Waals surface area contributed by atoms with E-state index in [1.165, 1.54) is 6.07 Å². The Morgan fingerprint density at radius 3 is 2.83 bits per heavy atom. The van der Waals surface area contributed by atoms with Gasteiger partial charge in [-0.3, -0.25) is 4.79 Å². The van der Waals surface area contributed by atoms with E-state index in [0.717, 1.165) is 24.8 Å². The van der Waals surface area contributed by atoms with Crippen molar-refractivity contribution in [1.82, 2.24) is 4.90 Å². The largest absolute Gasteiger partial charge is 0.336 e. The molecule has 0 spiro atoms. The van der Waals surface area contributed by atoms with Crippen LogP contribution in [0.25, 0.3) is 0 Å². The molecule has 0 saturated heterocycles. The SMILES string of the molecule is Cc1ccc(F)c(C(=O)N(CCCN)C2CC2)c1. The highest BCUT2D eigenvalue weighted by molar-refractivity contribution is 5.95. The summed E-state index contributed by atoms with van der Waals surface area (Å²) in [7, 11) is 0. The molecule has 1 saturated carbocycles. The van der Waals surface area contributed by atoms with Crippen LogP contribution in [0.15, 0.2) is 18.2 Å². The van der Waals surface area contributed by atoms with Crippen LogP contribution in [0.5, 0.6) is 0 Å². The van der Waals surface area contributed by atoms with Crippen molar-refractivity contribution < 1.29 is 9.18 Å². The molecule has 1 aliphatic rings. The average molecular weight is 250 g/mol. The number of carbonyl (C=O) groups is 1. The maximum atomic E-state index is 13.7. The predicted molar refractivity (Wildman–Crippen MR) is 68.9 cm³/mol. The Bertz CT molecular complexity index is 443. The number of nitrogens with zero attached hydrogens (tertiary/aromatic N) is 1. The molecule has 0 radical (unpaired) electrons. The first kappa shape index (κ1) is 13.0. The molecule has 98 valence electrons. The first-order chi connectivity index (χ1) is 8.63. The maximum Gasteiger partial charge on any atom is 0.257 e. The molecule has 0 bridgehead atoms. The van der Waals surface area contributed by atoms with Crippen molar-refractivity contribution in [3.63, 3.8) is 0 Å². The lowest BCUT2D eigenvalue weighted by atomic mass is 10.1. The second-order valence-electron chi connectivity index (χ2n) is 4.86. The summed E-state index contributed by atoms with van der Waals surface area (Å²) in [6, 6.07) is 4.93. The molecule has 0 atom stereocenters. The van der Waals surface area contributed by atoms with Gasteiger partial charge in [0.25, 0.3) is 5.91 Å². The fraction of sp³-hybridized carbons (Fsp3) is 0.500. The van der Waals surface area contributed by atoms with Gasteiger partial charge >= 0.3 is 0 Å². The first-order valence-electron chi connectivity index (χ1n) is 6.40. The average Bonchev–Trinajstić information content (AvgIpc) is 3.17. The van der Waals surface area contributed by atoms with E-state index in [2.05, 4.69) is 0 Å². The molecule has 18 heavy (non-hydrogen) atoms. The molecule has 1 amide bonds. The summed E-state index contributed by atoms with van der Waals surface area (Å²) in [6.45, 7) is 3.03. The maximum absolute atomic E-state index is 13.7. The molecular formula is C14H19FN2O. The smallest absolute Gasteiger partial charge is 0.257 e. The van der Waals surface area contributed by atoms with Crippen LogP contribution in [0.3, 0.4) is 0 Å². The molecule has 3 nitrogen and oxygen atoms in total. The molecular weight excluding hydrogens is 231 g/mol. The Morgan fingerprint density at radius 2 is 2.22 bits per heavy atom.